The Labute approximate surface area is 145 Å². The van der Waals surface area contributed by atoms with Gasteiger partial charge < -0.3 is 19.7 Å². The summed E-state index contributed by atoms with van der Waals surface area (Å²) >= 11 is 0. The highest BCUT2D eigenvalue weighted by atomic mass is 16.5. The maximum atomic E-state index is 5.58. The van der Waals surface area contributed by atoms with Crippen LogP contribution in [-0.2, 0) is 5.41 Å². The molecule has 132 valence electrons. The van der Waals surface area contributed by atoms with Crippen LogP contribution in [0.2, 0.25) is 0 Å². The molecular formula is C20H30N2O2. The van der Waals surface area contributed by atoms with E-state index in [0.29, 0.717) is 11.6 Å². The first-order valence-corrected chi connectivity index (χ1v) is 9.30. The molecule has 0 amide bonds. The lowest BCUT2D eigenvalue weighted by molar-refractivity contribution is 0.109. The summed E-state index contributed by atoms with van der Waals surface area (Å²) in [5, 5.41) is 3.84. The van der Waals surface area contributed by atoms with Gasteiger partial charge in [-0.05, 0) is 76.4 Å². The number of nitrogens with one attached hydrogen (secondary N) is 1. The van der Waals surface area contributed by atoms with Crippen LogP contribution >= 0.6 is 0 Å². The lowest BCUT2D eigenvalue weighted by Gasteiger charge is -2.49. The molecule has 1 aliphatic carbocycles. The van der Waals surface area contributed by atoms with Gasteiger partial charge in [0.15, 0.2) is 11.5 Å². The molecule has 1 aromatic rings. The van der Waals surface area contributed by atoms with E-state index in [9.17, 15) is 0 Å². The third-order valence-electron chi connectivity index (χ3n) is 7.00. The van der Waals surface area contributed by atoms with Crippen LogP contribution < -0.4 is 14.8 Å². The van der Waals surface area contributed by atoms with Gasteiger partial charge in [0.2, 0.25) is 0 Å². The number of likely N-dealkylation sites (tertiary alicyclic amines) is 1. The van der Waals surface area contributed by atoms with Crippen LogP contribution in [0.5, 0.6) is 11.5 Å². The number of hydrogen-bond donors (Lipinski definition) is 1. The summed E-state index contributed by atoms with van der Waals surface area (Å²) in [7, 11) is 5.75. The second-order valence-corrected chi connectivity index (χ2v) is 7.99. The Bertz CT molecular complexity index is 612. The first-order valence-electron chi connectivity index (χ1n) is 9.30. The second kappa shape index (κ2) is 5.92. The summed E-state index contributed by atoms with van der Waals surface area (Å²) in [6.45, 7) is 2.38. The number of ether oxygens (including phenoxy) is 2. The molecule has 2 saturated heterocycles. The van der Waals surface area contributed by atoms with Gasteiger partial charge in [0.05, 0.1) is 14.2 Å². The van der Waals surface area contributed by atoms with Crippen LogP contribution in [0.15, 0.2) is 18.2 Å². The average molecular weight is 330 g/mol. The molecule has 3 unspecified atom stereocenters. The van der Waals surface area contributed by atoms with Crippen molar-refractivity contribution in [1.82, 2.24) is 10.2 Å². The fourth-order valence-electron chi connectivity index (χ4n) is 5.58. The van der Waals surface area contributed by atoms with Crippen LogP contribution in [-0.4, -0.2) is 50.8 Å². The molecule has 3 aliphatic rings. The SMILES string of the molecule is COc1ccc(C23CCN(C)C2CC2(CCCN2)CC3)cc1OC. The molecule has 0 aromatic heterocycles. The van der Waals surface area contributed by atoms with Crippen molar-refractivity contribution < 1.29 is 9.47 Å². The van der Waals surface area contributed by atoms with E-state index in [4.69, 9.17) is 9.47 Å². The molecule has 1 saturated carbocycles. The van der Waals surface area contributed by atoms with Gasteiger partial charge >= 0.3 is 0 Å². The van der Waals surface area contributed by atoms with E-state index in [1.54, 1.807) is 14.2 Å². The van der Waals surface area contributed by atoms with Gasteiger partial charge in [-0.25, -0.2) is 0 Å². The Morgan fingerprint density at radius 3 is 2.62 bits per heavy atom. The van der Waals surface area contributed by atoms with Gasteiger partial charge in [-0.2, -0.15) is 0 Å². The molecule has 4 nitrogen and oxygen atoms in total. The number of likely N-dealkylation sites (N-methyl/N-ethyl adjacent to an activating group) is 1. The molecule has 4 heteroatoms. The minimum atomic E-state index is 0.268. The molecule has 1 aromatic carbocycles. The van der Waals surface area contributed by atoms with Crippen molar-refractivity contribution in [2.45, 2.75) is 55.5 Å². The van der Waals surface area contributed by atoms with E-state index in [1.807, 2.05) is 0 Å². The average Bonchev–Trinajstić information content (AvgIpc) is 3.21. The van der Waals surface area contributed by atoms with E-state index >= 15 is 0 Å². The predicted octanol–water partition coefficient (Wildman–Crippen LogP) is 2.95. The quantitative estimate of drug-likeness (QED) is 0.924. The van der Waals surface area contributed by atoms with Crippen molar-refractivity contribution in [3.63, 3.8) is 0 Å². The minimum absolute atomic E-state index is 0.268. The number of hydrogen-bond acceptors (Lipinski definition) is 4. The highest BCUT2D eigenvalue weighted by Crippen LogP contribution is 2.53. The van der Waals surface area contributed by atoms with Gasteiger partial charge in [0.25, 0.3) is 0 Å². The molecule has 4 rings (SSSR count). The molecule has 0 bridgehead atoms. The minimum Gasteiger partial charge on any atom is -0.493 e. The van der Waals surface area contributed by atoms with E-state index < -0.39 is 0 Å². The lowest BCUT2D eigenvalue weighted by Crippen LogP contribution is -2.55. The third-order valence-corrected chi connectivity index (χ3v) is 7.00. The monoisotopic (exact) mass is 330 g/mol. The number of nitrogens with zero attached hydrogens (tertiary/aromatic N) is 1. The predicted molar refractivity (Wildman–Crippen MR) is 96.1 cm³/mol. The van der Waals surface area contributed by atoms with Crippen LogP contribution in [0.1, 0.15) is 44.1 Å². The molecule has 3 fully saturated rings. The van der Waals surface area contributed by atoms with Gasteiger partial charge in [-0.1, -0.05) is 6.07 Å². The van der Waals surface area contributed by atoms with Crippen molar-refractivity contribution in [3.8, 4) is 11.5 Å². The standard InChI is InChI=1S/C20H30N2O2/c1-22-12-10-20(15-5-6-16(23-2)17(13-15)24-3)9-8-19(14-18(20)22)7-4-11-21-19/h5-6,13,18,21H,4,7-12,14H2,1-3H3. The molecule has 1 spiro atoms. The number of benzene rings is 1. The molecule has 0 radical (unpaired) electrons. The van der Waals surface area contributed by atoms with Gasteiger partial charge in [-0.15, -0.1) is 0 Å². The summed E-state index contributed by atoms with van der Waals surface area (Å²) in [5.74, 6) is 1.68. The first-order chi connectivity index (χ1) is 11.6. The van der Waals surface area contributed by atoms with Crippen molar-refractivity contribution in [2.75, 3.05) is 34.4 Å². The van der Waals surface area contributed by atoms with Crippen molar-refractivity contribution in [1.29, 1.82) is 0 Å². The van der Waals surface area contributed by atoms with Crippen LogP contribution in [0.4, 0.5) is 0 Å². The van der Waals surface area contributed by atoms with Crippen LogP contribution in [0.25, 0.3) is 0 Å². The Morgan fingerprint density at radius 2 is 1.92 bits per heavy atom. The summed E-state index contributed by atoms with van der Waals surface area (Å²) in [6, 6.07) is 7.20. The Hall–Kier alpha value is -1.26. The normalized spacial score (nSPS) is 36.0. The Balaban J connectivity index is 1.70. The van der Waals surface area contributed by atoms with Gasteiger partial charge in [0.1, 0.15) is 0 Å². The smallest absolute Gasteiger partial charge is 0.161 e. The summed E-state index contributed by atoms with van der Waals surface area (Å²) < 4.78 is 11.0. The molecule has 24 heavy (non-hydrogen) atoms. The molecule has 1 N–H and O–H groups in total. The zero-order valence-corrected chi connectivity index (χ0v) is 15.2. The topological polar surface area (TPSA) is 33.7 Å². The first kappa shape index (κ1) is 16.2. The van der Waals surface area contributed by atoms with E-state index in [-0.39, 0.29) is 5.41 Å². The zero-order valence-electron chi connectivity index (χ0n) is 15.2. The summed E-state index contributed by atoms with van der Waals surface area (Å²) in [6.07, 6.45) is 7.77. The van der Waals surface area contributed by atoms with E-state index in [0.717, 1.165) is 11.5 Å². The maximum Gasteiger partial charge on any atom is 0.161 e. The van der Waals surface area contributed by atoms with Crippen LogP contribution in [0.3, 0.4) is 0 Å². The van der Waals surface area contributed by atoms with Gasteiger partial charge in [-0.3, -0.25) is 0 Å². The maximum absolute atomic E-state index is 5.58. The fraction of sp³-hybridized carbons (Fsp3) is 0.700. The van der Waals surface area contributed by atoms with E-state index in [1.165, 1.54) is 57.2 Å². The van der Waals surface area contributed by atoms with Crippen molar-refractivity contribution in [2.24, 2.45) is 0 Å². The Morgan fingerprint density at radius 1 is 1.08 bits per heavy atom. The largest absolute Gasteiger partial charge is 0.493 e. The van der Waals surface area contributed by atoms with Crippen molar-refractivity contribution >= 4 is 0 Å². The zero-order chi connectivity index (χ0) is 16.8. The van der Waals surface area contributed by atoms with Crippen LogP contribution in [0, 0.1) is 0 Å². The number of fused-ring (bicyclic) bond motifs is 1. The highest BCUT2D eigenvalue weighted by molar-refractivity contribution is 5.46. The summed E-state index contributed by atoms with van der Waals surface area (Å²) in [4.78, 5) is 2.59. The van der Waals surface area contributed by atoms with Gasteiger partial charge in [0, 0.05) is 17.0 Å². The Kier molecular flexibility index (Phi) is 4.00. The third kappa shape index (κ3) is 2.34. The summed E-state index contributed by atoms with van der Waals surface area (Å²) in [5.41, 5.74) is 2.09. The number of methoxy groups -OCH3 is 2. The molecule has 3 atom stereocenters. The van der Waals surface area contributed by atoms with Crippen molar-refractivity contribution in [3.05, 3.63) is 23.8 Å². The molecular weight excluding hydrogens is 300 g/mol. The number of rotatable bonds is 3. The lowest BCUT2D eigenvalue weighted by atomic mass is 9.61. The molecule has 2 aliphatic heterocycles. The second-order valence-electron chi connectivity index (χ2n) is 7.99. The highest BCUT2D eigenvalue weighted by Gasteiger charge is 2.54. The van der Waals surface area contributed by atoms with E-state index in [2.05, 4.69) is 35.5 Å². The fourth-order valence-corrected chi connectivity index (χ4v) is 5.58. The molecule has 2 heterocycles.